The molecule has 0 aliphatic rings. The van der Waals surface area contributed by atoms with Gasteiger partial charge in [-0.25, -0.2) is 4.98 Å². The first-order valence-electron chi connectivity index (χ1n) is 10.1. The molecular formula is C25H22ClN5O. The standard InChI is InChI=1S/C25H22ClN5O/c1-31(2)22-8-6-18(7-9-22)24(32)11-17-10-19(14-27-13-17)23-15-28-16-25(30-23)29-21-5-3-4-20(26)12-21/h3-10,12-16H,11H2,1-2H3,(H,29,30). The van der Waals surface area contributed by atoms with Crippen LogP contribution in [0.4, 0.5) is 17.2 Å². The third kappa shape index (κ3) is 5.28. The first-order valence-corrected chi connectivity index (χ1v) is 10.5. The molecule has 0 radical (unpaired) electrons. The summed E-state index contributed by atoms with van der Waals surface area (Å²) in [5.74, 6) is 0.629. The molecule has 0 amide bonds. The minimum atomic E-state index is 0.0386. The molecule has 2 aromatic heterocycles. The van der Waals surface area contributed by atoms with Crippen molar-refractivity contribution in [2.24, 2.45) is 0 Å². The molecule has 0 spiro atoms. The van der Waals surface area contributed by atoms with Crippen LogP contribution < -0.4 is 10.2 Å². The topological polar surface area (TPSA) is 71.0 Å². The first kappa shape index (κ1) is 21.5. The monoisotopic (exact) mass is 443 g/mol. The molecule has 4 aromatic rings. The second-order valence-corrected chi connectivity index (χ2v) is 7.98. The summed E-state index contributed by atoms with van der Waals surface area (Å²) in [5, 5.41) is 3.84. The van der Waals surface area contributed by atoms with Gasteiger partial charge in [0.05, 0.1) is 18.1 Å². The molecule has 32 heavy (non-hydrogen) atoms. The van der Waals surface area contributed by atoms with Crippen LogP contribution in [-0.4, -0.2) is 34.8 Å². The normalized spacial score (nSPS) is 10.6. The number of benzene rings is 2. The smallest absolute Gasteiger partial charge is 0.167 e. The van der Waals surface area contributed by atoms with E-state index < -0.39 is 0 Å². The fourth-order valence-electron chi connectivity index (χ4n) is 3.24. The Bertz CT molecular complexity index is 1240. The summed E-state index contributed by atoms with van der Waals surface area (Å²) < 4.78 is 0. The van der Waals surface area contributed by atoms with Gasteiger partial charge in [-0.3, -0.25) is 14.8 Å². The van der Waals surface area contributed by atoms with Crippen LogP contribution in [0.1, 0.15) is 15.9 Å². The van der Waals surface area contributed by atoms with Gasteiger partial charge < -0.3 is 10.2 Å². The number of ketones is 1. The van der Waals surface area contributed by atoms with Gasteiger partial charge in [-0.05, 0) is 54.1 Å². The quantitative estimate of drug-likeness (QED) is 0.384. The summed E-state index contributed by atoms with van der Waals surface area (Å²) in [6, 6.07) is 16.9. The van der Waals surface area contributed by atoms with Crippen molar-refractivity contribution in [3.8, 4) is 11.3 Å². The maximum Gasteiger partial charge on any atom is 0.167 e. The van der Waals surface area contributed by atoms with E-state index in [2.05, 4.69) is 20.3 Å². The van der Waals surface area contributed by atoms with Gasteiger partial charge in [0, 0.05) is 60.4 Å². The van der Waals surface area contributed by atoms with E-state index in [1.165, 1.54) is 0 Å². The summed E-state index contributed by atoms with van der Waals surface area (Å²) in [4.78, 5) is 28.0. The van der Waals surface area contributed by atoms with Crippen molar-refractivity contribution in [1.82, 2.24) is 15.0 Å². The Morgan fingerprint density at radius 3 is 2.50 bits per heavy atom. The van der Waals surface area contributed by atoms with Gasteiger partial charge in [0.2, 0.25) is 0 Å². The average Bonchev–Trinajstić information content (AvgIpc) is 2.79. The third-order valence-corrected chi connectivity index (χ3v) is 5.13. The van der Waals surface area contributed by atoms with Gasteiger partial charge in [0.1, 0.15) is 5.82 Å². The van der Waals surface area contributed by atoms with Gasteiger partial charge >= 0.3 is 0 Å². The summed E-state index contributed by atoms with van der Waals surface area (Å²) >= 11 is 6.05. The van der Waals surface area contributed by atoms with Crippen LogP contribution in [-0.2, 0) is 6.42 Å². The van der Waals surface area contributed by atoms with Gasteiger partial charge in [0.15, 0.2) is 5.78 Å². The summed E-state index contributed by atoms with van der Waals surface area (Å²) in [6.45, 7) is 0. The SMILES string of the molecule is CN(C)c1ccc(C(=O)Cc2cncc(-c3cncc(Nc4cccc(Cl)c4)n3)c2)cc1. The largest absolute Gasteiger partial charge is 0.378 e. The van der Waals surface area contributed by atoms with Crippen LogP contribution in [0, 0.1) is 0 Å². The molecule has 0 aliphatic carbocycles. The number of hydrogen-bond acceptors (Lipinski definition) is 6. The minimum absolute atomic E-state index is 0.0386. The lowest BCUT2D eigenvalue weighted by atomic mass is 10.0. The molecule has 2 heterocycles. The third-order valence-electron chi connectivity index (χ3n) is 4.89. The summed E-state index contributed by atoms with van der Waals surface area (Å²) in [6.07, 6.45) is 6.99. The number of Topliss-reactive ketones (excluding diaryl/α,β-unsaturated/α-hetero) is 1. The summed E-state index contributed by atoms with van der Waals surface area (Å²) in [7, 11) is 3.94. The number of carbonyl (C=O) groups is 1. The number of halogens is 1. The molecule has 7 heteroatoms. The maximum absolute atomic E-state index is 12.7. The molecule has 0 aliphatic heterocycles. The van der Waals surface area contributed by atoms with Crippen LogP contribution >= 0.6 is 11.6 Å². The van der Waals surface area contributed by atoms with E-state index in [0.29, 0.717) is 22.1 Å². The molecule has 0 unspecified atom stereocenters. The van der Waals surface area contributed by atoms with Crippen LogP contribution in [0.2, 0.25) is 5.02 Å². The number of rotatable bonds is 7. The van der Waals surface area contributed by atoms with Crippen LogP contribution in [0.25, 0.3) is 11.3 Å². The number of nitrogens with one attached hydrogen (secondary N) is 1. The number of aromatic nitrogens is 3. The van der Waals surface area contributed by atoms with Crippen LogP contribution in [0.5, 0.6) is 0 Å². The number of anilines is 3. The number of pyridine rings is 1. The second kappa shape index (κ2) is 9.58. The van der Waals surface area contributed by atoms with Crippen LogP contribution in [0.3, 0.4) is 0 Å². The zero-order valence-electron chi connectivity index (χ0n) is 17.8. The van der Waals surface area contributed by atoms with Crippen molar-refractivity contribution < 1.29 is 4.79 Å². The highest BCUT2D eigenvalue weighted by Crippen LogP contribution is 2.22. The second-order valence-electron chi connectivity index (χ2n) is 7.55. The van der Waals surface area contributed by atoms with Gasteiger partial charge in [-0.15, -0.1) is 0 Å². The molecule has 1 N–H and O–H groups in total. The fourth-order valence-corrected chi connectivity index (χ4v) is 3.43. The Balaban J connectivity index is 1.51. The van der Waals surface area contributed by atoms with Crippen LogP contribution in [0.15, 0.2) is 79.4 Å². The Labute approximate surface area is 191 Å². The van der Waals surface area contributed by atoms with Crippen molar-refractivity contribution in [2.45, 2.75) is 6.42 Å². The highest BCUT2D eigenvalue weighted by molar-refractivity contribution is 6.30. The number of hydrogen-bond donors (Lipinski definition) is 1. The van der Waals surface area contributed by atoms with E-state index in [-0.39, 0.29) is 12.2 Å². The molecule has 2 aromatic carbocycles. The Morgan fingerprint density at radius 2 is 1.75 bits per heavy atom. The van der Waals surface area contributed by atoms with Crippen molar-refractivity contribution >= 4 is 34.6 Å². The number of nitrogens with zero attached hydrogens (tertiary/aromatic N) is 4. The Morgan fingerprint density at radius 1 is 0.969 bits per heavy atom. The van der Waals surface area contributed by atoms with E-state index in [1.54, 1.807) is 24.8 Å². The Kier molecular flexibility index (Phi) is 6.42. The predicted octanol–water partition coefficient (Wildman–Crippen LogP) is 5.43. The lowest BCUT2D eigenvalue weighted by molar-refractivity contribution is 0.0993. The van der Waals surface area contributed by atoms with Gasteiger partial charge in [0.25, 0.3) is 0 Å². The molecule has 0 atom stereocenters. The molecule has 6 nitrogen and oxygen atoms in total. The molecule has 160 valence electrons. The molecule has 0 bridgehead atoms. The molecular weight excluding hydrogens is 422 g/mol. The van der Waals surface area contributed by atoms with E-state index in [0.717, 1.165) is 22.5 Å². The van der Waals surface area contributed by atoms with Gasteiger partial charge in [-0.2, -0.15) is 0 Å². The summed E-state index contributed by atoms with van der Waals surface area (Å²) in [5.41, 5.74) is 4.82. The lowest BCUT2D eigenvalue weighted by Gasteiger charge is -2.12. The number of carbonyl (C=O) groups excluding carboxylic acids is 1. The van der Waals surface area contributed by atoms with E-state index in [1.807, 2.05) is 73.6 Å². The van der Waals surface area contributed by atoms with E-state index >= 15 is 0 Å². The van der Waals surface area contributed by atoms with Crippen molar-refractivity contribution in [3.63, 3.8) is 0 Å². The molecule has 0 saturated carbocycles. The fraction of sp³-hybridized carbons (Fsp3) is 0.120. The maximum atomic E-state index is 12.7. The lowest BCUT2D eigenvalue weighted by Crippen LogP contribution is -2.09. The van der Waals surface area contributed by atoms with E-state index in [9.17, 15) is 4.79 Å². The van der Waals surface area contributed by atoms with Crippen molar-refractivity contribution in [1.29, 1.82) is 0 Å². The Hall–Kier alpha value is -3.77. The average molecular weight is 444 g/mol. The molecule has 0 fully saturated rings. The van der Waals surface area contributed by atoms with Gasteiger partial charge in [-0.1, -0.05) is 17.7 Å². The minimum Gasteiger partial charge on any atom is -0.378 e. The zero-order valence-corrected chi connectivity index (χ0v) is 18.5. The van der Waals surface area contributed by atoms with Crippen molar-refractivity contribution in [3.05, 3.63) is 95.5 Å². The highest BCUT2D eigenvalue weighted by atomic mass is 35.5. The highest BCUT2D eigenvalue weighted by Gasteiger charge is 2.10. The van der Waals surface area contributed by atoms with Crippen molar-refractivity contribution in [2.75, 3.05) is 24.3 Å². The zero-order chi connectivity index (χ0) is 22.5. The molecule has 0 saturated heterocycles. The molecule has 4 rings (SSSR count). The first-order chi connectivity index (χ1) is 15.5. The predicted molar refractivity (Wildman–Crippen MR) is 129 cm³/mol. The van der Waals surface area contributed by atoms with E-state index in [4.69, 9.17) is 11.6 Å².